The van der Waals surface area contributed by atoms with Crippen LogP contribution in [0.1, 0.15) is 19.4 Å². The Morgan fingerprint density at radius 1 is 1.07 bits per heavy atom. The van der Waals surface area contributed by atoms with Crippen molar-refractivity contribution in [2.45, 2.75) is 13.8 Å². The molecule has 0 bridgehead atoms. The quantitative estimate of drug-likeness (QED) is 0.683. The van der Waals surface area contributed by atoms with Crippen LogP contribution in [0.5, 0.6) is 11.5 Å². The summed E-state index contributed by atoms with van der Waals surface area (Å²) < 4.78 is 10.7. The summed E-state index contributed by atoms with van der Waals surface area (Å²) in [6.07, 6.45) is 1.79. The molecule has 0 aromatic heterocycles. The zero-order valence-electron chi connectivity index (χ0n) is 17.1. The zero-order chi connectivity index (χ0) is 20.8. The van der Waals surface area contributed by atoms with Crippen LogP contribution >= 0.6 is 11.8 Å². The summed E-state index contributed by atoms with van der Waals surface area (Å²) >= 11 is 1.30. The summed E-state index contributed by atoms with van der Waals surface area (Å²) in [5.41, 5.74) is 2.73. The van der Waals surface area contributed by atoms with E-state index < -0.39 is 0 Å². The molecule has 2 aromatic carbocycles. The minimum absolute atomic E-state index is 0.182. The second-order valence-corrected chi connectivity index (χ2v) is 7.31. The molecule has 0 saturated carbocycles. The number of amidine groups is 1. The largest absolute Gasteiger partial charge is 0.497 e. The molecule has 0 aliphatic carbocycles. The number of nitrogens with zero attached hydrogens (tertiary/aromatic N) is 2. The van der Waals surface area contributed by atoms with Crippen LogP contribution in [-0.4, -0.2) is 38.4 Å². The maximum Gasteiger partial charge on any atom is 0.264 e. The van der Waals surface area contributed by atoms with Gasteiger partial charge in [0.1, 0.15) is 11.5 Å². The Labute approximate surface area is 175 Å². The number of carbonyl (C=O) groups excluding carboxylic acids is 1. The molecule has 1 heterocycles. The van der Waals surface area contributed by atoms with Crippen LogP contribution in [0.2, 0.25) is 0 Å². The number of ether oxygens (including phenoxy) is 2. The van der Waals surface area contributed by atoms with E-state index in [0.717, 1.165) is 30.0 Å². The van der Waals surface area contributed by atoms with Crippen LogP contribution in [-0.2, 0) is 4.79 Å². The molecule has 1 saturated heterocycles. The lowest BCUT2D eigenvalue weighted by molar-refractivity contribution is -0.115. The normalized spacial score (nSPS) is 16.2. The fourth-order valence-corrected chi connectivity index (χ4v) is 3.85. The first kappa shape index (κ1) is 20.8. The van der Waals surface area contributed by atoms with Crippen LogP contribution in [0.4, 0.5) is 11.4 Å². The predicted octanol–water partition coefficient (Wildman–Crippen LogP) is 4.44. The first-order chi connectivity index (χ1) is 14.1. The third-order valence-corrected chi connectivity index (χ3v) is 5.49. The molecular weight excluding hydrogens is 386 g/mol. The van der Waals surface area contributed by atoms with E-state index in [1.54, 1.807) is 20.3 Å². The number of methoxy groups -OCH3 is 2. The van der Waals surface area contributed by atoms with Gasteiger partial charge in [-0.3, -0.25) is 4.79 Å². The minimum Gasteiger partial charge on any atom is -0.497 e. The molecule has 152 valence electrons. The molecule has 1 aliphatic heterocycles. The number of hydrogen-bond acceptors (Lipinski definition) is 6. The molecule has 0 unspecified atom stereocenters. The van der Waals surface area contributed by atoms with Gasteiger partial charge in [0.05, 0.1) is 24.8 Å². The van der Waals surface area contributed by atoms with Crippen molar-refractivity contribution in [2.75, 3.05) is 32.2 Å². The Balaban J connectivity index is 1.80. The van der Waals surface area contributed by atoms with Crippen LogP contribution < -0.4 is 19.7 Å². The molecule has 3 rings (SSSR count). The fraction of sp³-hybridized carbons (Fsp3) is 0.273. The number of amides is 1. The highest BCUT2D eigenvalue weighted by molar-refractivity contribution is 8.18. The smallest absolute Gasteiger partial charge is 0.264 e. The predicted molar refractivity (Wildman–Crippen MR) is 120 cm³/mol. The summed E-state index contributed by atoms with van der Waals surface area (Å²) in [6.45, 7) is 6.18. The number of thioether (sulfide) groups is 1. The van der Waals surface area contributed by atoms with Crippen LogP contribution in [0.25, 0.3) is 6.08 Å². The Kier molecular flexibility index (Phi) is 6.82. The minimum atomic E-state index is -0.182. The molecular formula is C22H25N3O3S. The average Bonchev–Trinajstić information content (AvgIpc) is 3.08. The summed E-state index contributed by atoms with van der Waals surface area (Å²) in [7, 11) is 3.20. The number of hydrogen-bond donors (Lipinski definition) is 1. The van der Waals surface area contributed by atoms with Crippen molar-refractivity contribution in [3.8, 4) is 11.5 Å². The highest BCUT2D eigenvalue weighted by Crippen LogP contribution is 2.32. The maximum atomic E-state index is 12.4. The van der Waals surface area contributed by atoms with Gasteiger partial charge in [0.2, 0.25) is 0 Å². The van der Waals surface area contributed by atoms with E-state index in [4.69, 9.17) is 9.47 Å². The van der Waals surface area contributed by atoms with E-state index >= 15 is 0 Å². The zero-order valence-corrected chi connectivity index (χ0v) is 17.9. The standard InChI is InChI=1S/C22H25N3O3S/c1-5-25(6-2)17-9-7-16(8-10-17)23-22-24-21(26)20(29-22)14-15-13-18(27-3)11-12-19(15)28-4/h7-14H,5-6H2,1-4H3,(H,23,24,26)/b20-14-. The molecule has 0 spiro atoms. The summed E-state index contributed by atoms with van der Waals surface area (Å²) in [5.74, 6) is 1.19. The van der Waals surface area contributed by atoms with Gasteiger partial charge in [-0.15, -0.1) is 0 Å². The van der Waals surface area contributed by atoms with Crippen molar-refractivity contribution >= 4 is 40.3 Å². The Bertz CT molecular complexity index is 935. The van der Waals surface area contributed by atoms with E-state index in [2.05, 4.69) is 29.1 Å². The number of nitrogens with one attached hydrogen (secondary N) is 1. The second-order valence-electron chi connectivity index (χ2n) is 6.28. The third kappa shape index (κ3) is 4.92. The van der Waals surface area contributed by atoms with Crippen molar-refractivity contribution < 1.29 is 14.3 Å². The van der Waals surface area contributed by atoms with Gasteiger partial charge < -0.3 is 19.7 Å². The Morgan fingerprint density at radius 2 is 1.79 bits per heavy atom. The molecule has 7 heteroatoms. The number of benzene rings is 2. The monoisotopic (exact) mass is 411 g/mol. The third-order valence-electron chi connectivity index (χ3n) is 4.58. The molecule has 2 aromatic rings. The van der Waals surface area contributed by atoms with E-state index in [-0.39, 0.29) is 5.91 Å². The molecule has 29 heavy (non-hydrogen) atoms. The first-order valence-electron chi connectivity index (χ1n) is 9.44. The molecule has 6 nitrogen and oxygen atoms in total. The van der Waals surface area contributed by atoms with E-state index in [0.29, 0.717) is 21.6 Å². The van der Waals surface area contributed by atoms with Crippen molar-refractivity contribution in [3.63, 3.8) is 0 Å². The number of aliphatic imine (C=N–C) groups is 1. The SMILES string of the molecule is CCN(CC)c1ccc(N=C2NC(=O)/C(=C/c3cc(OC)ccc3OC)S2)cc1. The number of anilines is 1. The topological polar surface area (TPSA) is 63.2 Å². The highest BCUT2D eigenvalue weighted by atomic mass is 32.2. The molecule has 0 radical (unpaired) electrons. The van der Waals surface area contributed by atoms with Crippen LogP contribution in [0.3, 0.4) is 0 Å². The van der Waals surface area contributed by atoms with Crippen LogP contribution in [0, 0.1) is 0 Å². The number of carbonyl (C=O) groups is 1. The lowest BCUT2D eigenvalue weighted by Gasteiger charge is -2.20. The van der Waals surface area contributed by atoms with Gasteiger partial charge in [-0.05, 0) is 74.1 Å². The van der Waals surface area contributed by atoms with Crippen LogP contribution in [0.15, 0.2) is 52.4 Å². The van der Waals surface area contributed by atoms with Gasteiger partial charge in [0.25, 0.3) is 5.91 Å². The molecule has 1 amide bonds. The lowest BCUT2D eigenvalue weighted by Crippen LogP contribution is -2.21. The average molecular weight is 412 g/mol. The summed E-state index contributed by atoms with van der Waals surface area (Å²) in [5, 5.41) is 3.38. The van der Waals surface area contributed by atoms with Gasteiger partial charge >= 0.3 is 0 Å². The van der Waals surface area contributed by atoms with Crippen molar-refractivity contribution in [2.24, 2.45) is 4.99 Å². The Morgan fingerprint density at radius 3 is 2.41 bits per heavy atom. The molecule has 1 aliphatic rings. The summed E-state index contributed by atoms with van der Waals surface area (Å²) in [6, 6.07) is 13.5. The van der Waals surface area contributed by atoms with Crippen molar-refractivity contribution in [3.05, 3.63) is 52.9 Å². The van der Waals surface area contributed by atoms with Gasteiger partial charge in [-0.2, -0.15) is 0 Å². The fourth-order valence-electron chi connectivity index (χ4n) is 3.02. The summed E-state index contributed by atoms with van der Waals surface area (Å²) in [4.78, 5) is 19.8. The Hall–Kier alpha value is -2.93. The van der Waals surface area contributed by atoms with Gasteiger partial charge in [-0.25, -0.2) is 4.99 Å². The van der Waals surface area contributed by atoms with E-state index in [1.807, 2.05) is 42.5 Å². The molecule has 0 atom stereocenters. The highest BCUT2D eigenvalue weighted by Gasteiger charge is 2.24. The van der Waals surface area contributed by atoms with Gasteiger partial charge in [-0.1, -0.05) is 0 Å². The van der Waals surface area contributed by atoms with Crippen molar-refractivity contribution in [1.29, 1.82) is 0 Å². The number of rotatable bonds is 7. The van der Waals surface area contributed by atoms with E-state index in [1.165, 1.54) is 11.8 Å². The van der Waals surface area contributed by atoms with Crippen molar-refractivity contribution in [1.82, 2.24) is 5.32 Å². The maximum absolute atomic E-state index is 12.4. The van der Waals surface area contributed by atoms with Gasteiger partial charge in [0, 0.05) is 24.3 Å². The molecule has 1 fully saturated rings. The second kappa shape index (κ2) is 9.52. The molecule has 1 N–H and O–H groups in total. The van der Waals surface area contributed by atoms with Gasteiger partial charge in [0.15, 0.2) is 5.17 Å². The lowest BCUT2D eigenvalue weighted by atomic mass is 10.1. The van der Waals surface area contributed by atoms with E-state index in [9.17, 15) is 4.79 Å². The first-order valence-corrected chi connectivity index (χ1v) is 10.3.